The van der Waals surface area contributed by atoms with E-state index < -0.39 is 9.05 Å². The van der Waals surface area contributed by atoms with Gasteiger partial charge >= 0.3 is 0 Å². The monoisotopic (exact) mass is 328 g/mol. The van der Waals surface area contributed by atoms with Crippen LogP contribution in [0.15, 0.2) is 23.1 Å². The lowest BCUT2D eigenvalue weighted by molar-refractivity contribution is 0.407. The molecular formula is C14H17ClN2O3S. The largest absolute Gasteiger partial charge is 0.496 e. The molecule has 0 aliphatic rings. The summed E-state index contributed by atoms with van der Waals surface area (Å²) in [6.45, 7) is 5.73. The molecule has 0 saturated carbocycles. The maximum absolute atomic E-state index is 11.6. The Bertz CT molecular complexity index is 782. The first-order chi connectivity index (χ1) is 9.74. The average Bonchev–Trinajstić information content (AvgIpc) is 2.64. The van der Waals surface area contributed by atoms with Gasteiger partial charge in [0.25, 0.3) is 9.05 Å². The van der Waals surface area contributed by atoms with Crippen molar-refractivity contribution in [1.29, 1.82) is 0 Å². The molecule has 0 bridgehead atoms. The maximum atomic E-state index is 11.6. The summed E-state index contributed by atoms with van der Waals surface area (Å²) in [5, 5.41) is 4.27. The molecule has 0 unspecified atom stereocenters. The average molecular weight is 329 g/mol. The third kappa shape index (κ3) is 3.22. The van der Waals surface area contributed by atoms with Crippen molar-refractivity contribution in [3.05, 3.63) is 40.7 Å². The van der Waals surface area contributed by atoms with Crippen molar-refractivity contribution >= 4 is 19.7 Å². The fourth-order valence-corrected chi connectivity index (χ4v) is 3.90. The number of methoxy groups -OCH3 is 1. The summed E-state index contributed by atoms with van der Waals surface area (Å²) >= 11 is 0. The Balaban J connectivity index is 2.49. The van der Waals surface area contributed by atoms with Crippen LogP contribution in [0.2, 0.25) is 0 Å². The van der Waals surface area contributed by atoms with Crippen molar-refractivity contribution in [2.75, 3.05) is 7.11 Å². The van der Waals surface area contributed by atoms with Gasteiger partial charge in [-0.1, -0.05) is 17.7 Å². The van der Waals surface area contributed by atoms with Gasteiger partial charge in [0.1, 0.15) is 10.6 Å². The Hall–Kier alpha value is -1.53. The summed E-state index contributed by atoms with van der Waals surface area (Å²) in [7, 11) is 3.26. The molecule has 0 radical (unpaired) electrons. The number of rotatable bonds is 4. The van der Waals surface area contributed by atoms with Crippen LogP contribution in [0.4, 0.5) is 0 Å². The molecule has 5 nitrogen and oxygen atoms in total. The van der Waals surface area contributed by atoms with Crippen LogP contribution in [-0.4, -0.2) is 25.3 Å². The van der Waals surface area contributed by atoms with Crippen LogP contribution < -0.4 is 4.74 Å². The smallest absolute Gasteiger partial charge is 0.264 e. The summed E-state index contributed by atoms with van der Waals surface area (Å²) in [6.07, 6.45) is 0. The van der Waals surface area contributed by atoms with Crippen LogP contribution in [0.25, 0.3) is 0 Å². The number of ether oxygens (including phenoxy) is 1. The first-order valence-electron chi connectivity index (χ1n) is 6.36. The van der Waals surface area contributed by atoms with E-state index in [2.05, 4.69) is 5.10 Å². The topological polar surface area (TPSA) is 61.2 Å². The Morgan fingerprint density at radius 3 is 2.48 bits per heavy atom. The van der Waals surface area contributed by atoms with E-state index in [1.165, 1.54) is 0 Å². The van der Waals surface area contributed by atoms with Gasteiger partial charge < -0.3 is 4.74 Å². The molecule has 0 fully saturated rings. The van der Waals surface area contributed by atoms with Crippen molar-refractivity contribution in [2.24, 2.45) is 0 Å². The number of hydrogen-bond acceptors (Lipinski definition) is 4. The second kappa shape index (κ2) is 5.69. The molecule has 0 aliphatic heterocycles. The minimum Gasteiger partial charge on any atom is -0.496 e. The van der Waals surface area contributed by atoms with Gasteiger partial charge in [-0.3, -0.25) is 4.68 Å². The lowest BCUT2D eigenvalue weighted by Crippen LogP contribution is -2.06. The molecule has 0 spiro atoms. The Morgan fingerprint density at radius 1 is 1.29 bits per heavy atom. The molecule has 0 atom stereocenters. The number of aryl methyl sites for hydroxylation is 2. The van der Waals surface area contributed by atoms with E-state index in [-0.39, 0.29) is 4.90 Å². The first kappa shape index (κ1) is 15.9. The molecule has 21 heavy (non-hydrogen) atoms. The molecule has 1 heterocycles. The molecule has 1 aromatic heterocycles. The second-order valence-electron chi connectivity index (χ2n) is 4.91. The summed E-state index contributed by atoms with van der Waals surface area (Å²) in [6, 6.07) is 5.83. The van der Waals surface area contributed by atoms with Crippen LogP contribution in [0.5, 0.6) is 5.75 Å². The van der Waals surface area contributed by atoms with E-state index in [0.29, 0.717) is 17.9 Å². The summed E-state index contributed by atoms with van der Waals surface area (Å²) in [5.41, 5.74) is 2.94. The van der Waals surface area contributed by atoms with Crippen LogP contribution in [0.1, 0.15) is 22.5 Å². The van der Waals surface area contributed by atoms with E-state index in [1.807, 2.05) is 25.1 Å². The number of hydrogen-bond donors (Lipinski definition) is 0. The lowest BCUT2D eigenvalue weighted by atomic mass is 10.1. The number of benzene rings is 1. The summed E-state index contributed by atoms with van der Waals surface area (Å²) in [4.78, 5) is 0.0794. The SMILES string of the molecule is COc1ccc(C)cc1Cn1nc(C)c(S(=O)(=O)Cl)c1C. The van der Waals surface area contributed by atoms with Crippen LogP contribution >= 0.6 is 10.7 Å². The minimum atomic E-state index is -3.80. The van der Waals surface area contributed by atoms with Gasteiger partial charge in [0.05, 0.1) is 25.0 Å². The molecule has 7 heteroatoms. The predicted octanol–water partition coefficient (Wildman–Crippen LogP) is 2.79. The number of aromatic nitrogens is 2. The lowest BCUT2D eigenvalue weighted by Gasteiger charge is -2.11. The van der Waals surface area contributed by atoms with Crippen LogP contribution in [0.3, 0.4) is 0 Å². The fourth-order valence-electron chi connectivity index (χ4n) is 2.38. The third-order valence-electron chi connectivity index (χ3n) is 3.31. The van der Waals surface area contributed by atoms with Crippen LogP contribution in [0, 0.1) is 20.8 Å². The van der Waals surface area contributed by atoms with Gasteiger partial charge in [-0.05, 0) is 26.8 Å². The van der Waals surface area contributed by atoms with Gasteiger partial charge in [-0.25, -0.2) is 8.42 Å². The summed E-state index contributed by atoms with van der Waals surface area (Å²) < 4.78 is 30.2. The van der Waals surface area contributed by atoms with Crippen molar-refractivity contribution in [3.8, 4) is 5.75 Å². The first-order valence-corrected chi connectivity index (χ1v) is 8.67. The molecular weight excluding hydrogens is 312 g/mol. The van der Waals surface area contributed by atoms with Crippen molar-refractivity contribution in [1.82, 2.24) is 9.78 Å². The highest BCUT2D eigenvalue weighted by molar-refractivity contribution is 8.13. The minimum absolute atomic E-state index is 0.0794. The molecule has 0 aliphatic carbocycles. The molecule has 0 N–H and O–H groups in total. The molecule has 114 valence electrons. The van der Waals surface area contributed by atoms with Crippen LogP contribution in [-0.2, 0) is 15.6 Å². The summed E-state index contributed by atoms with van der Waals surface area (Å²) in [5.74, 6) is 0.739. The zero-order valence-corrected chi connectivity index (χ0v) is 13.9. The van der Waals surface area contributed by atoms with E-state index >= 15 is 0 Å². The quantitative estimate of drug-likeness (QED) is 0.810. The maximum Gasteiger partial charge on any atom is 0.264 e. The van der Waals surface area contributed by atoms with Gasteiger partial charge in [0.2, 0.25) is 0 Å². The second-order valence-corrected chi connectivity index (χ2v) is 7.41. The third-order valence-corrected chi connectivity index (χ3v) is 4.86. The van der Waals surface area contributed by atoms with Gasteiger partial charge in [-0.2, -0.15) is 5.10 Å². The van der Waals surface area contributed by atoms with E-state index in [1.54, 1.807) is 25.6 Å². The Morgan fingerprint density at radius 2 is 1.95 bits per heavy atom. The van der Waals surface area contributed by atoms with Crippen molar-refractivity contribution < 1.29 is 13.2 Å². The van der Waals surface area contributed by atoms with Gasteiger partial charge in [0.15, 0.2) is 0 Å². The van der Waals surface area contributed by atoms with Gasteiger partial charge in [-0.15, -0.1) is 0 Å². The fraction of sp³-hybridized carbons (Fsp3) is 0.357. The standard InChI is InChI=1S/C14H17ClN2O3S/c1-9-5-6-13(20-4)12(7-9)8-17-11(3)14(10(2)16-17)21(15,18)19/h5-7H,8H2,1-4H3. The zero-order chi connectivity index (χ0) is 15.8. The highest BCUT2D eigenvalue weighted by Gasteiger charge is 2.22. The van der Waals surface area contributed by atoms with Crippen molar-refractivity contribution in [3.63, 3.8) is 0 Å². The molecule has 2 aromatic rings. The Kier molecular flexibility index (Phi) is 4.30. The van der Waals surface area contributed by atoms with E-state index in [0.717, 1.165) is 16.9 Å². The highest BCUT2D eigenvalue weighted by atomic mass is 35.7. The Labute approximate surface area is 128 Å². The van der Waals surface area contributed by atoms with E-state index in [4.69, 9.17) is 15.4 Å². The molecule has 1 aromatic carbocycles. The van der Waals surface area contributed by atoms with Gasteiger partial charge in [0, 0.05) is 16.2 Å². The molecule has 0 saturated heterocycles. The molecule has 2 rings (SSSR count). The predicted molar refractivity (Wildman–Crippen MR) is 81.6 cm³/mol. The molecule has 0 amide bonds. The zero-order valence-electron chi connectivity index (χ0n) is 12.3. The van der Waals surface area contributed by atoms with Crippen molar-refractivity contribution in [2.45, 2.75) is 32.2 Å². The normalized spacial score (nSPS) is 11.7. The highest BCUT2D eigenvalue weighted by Crippen LogP contribution is 2.26. The number of halogens is 1. The number of nitrogens with zero attached hydrogens (tertiary/aromatic N) is 2. The van der Waals surface area contributed by atoms with E-state index in [9.17, 15) is 8.42 Å².